The van der Waals surface area contributed by atoms with E-state index in [4.69, 9.17) is 21.0 Å². The van der Waals surface area contributed by atoms with E-state index in [-0.39, 0.29) is 16.6 Å². The molecule has 178 valence electrons. The van der Waals surface area contributed by atoms with Crippen LogP contribution in [0.25, 0.3) is 11.1 Å². The maximum atomic E-state index is 13.0. The van der Waals surface area contributed by atoms with Crippen molar-refractivity contribution in [2.45, 2.75) is 37.2 Å². The lowest BCUT2D eigenvalue weighted by molar-refractivity contribution is -0.123. The van der Waals surface area contributed by atoms with E-state index in [1.54, 1.807) is 66.7 Å². The van der Waals surface area contributed by atoms with Crippen LogP contribution in [0.5, 0.6) is 5.75 Å². The Morgan fingerprint density at radius 2 is 1.76 bits per heavy atom. The lowest BCUT2D eigenvalue weighted by Crippen LogP contribution is -2.33. The summed E-state index contributed by atoms with van der Waals surface area (Å²) in [5, 5.41) is 15.8. The third-order valence-electron chi connectivity index (χ3n) is 5.19. The van der Waals surface area contributed by atoms with Crippen LogP contribution in [0.3, 0.4) is 0 Å². The fraction of sp³-hybridized carbons (Fsp3) is 0.200. The molecular weight excluding hydrogens is 452 g/mol. The number of amidine groups is 1. The molecule has 3 aromatic rings. The van der Waals surface area contributed by atoms with Gasteiger partial charge in [0.05, 0.1) is 4.90 Å². The Labute approximate surface area is 199 Å². The van der Waals surface area contributed by atoms with Gasteiger partial charge in [-0.15, -0.1) is 0 Å². The van der Waals surface area contributed by atoms with Crippen LogP contribution in [0.15, 0.2) is 77.7 Å². The van der Waals surface area contributed by atoms with Crippen LogP contribution in [-0.2, 0) is 14.8 Å². The van der Waals surface area contributed by atoms with E-state index in [1.807, 2.05) is 6.92 Å². The van der Waals surface area contributed by atoms with Crippen LogP contribution in [0.1, 0.15) is 31.7 Å². The first-order valence-corrected chi connectivity index (χ1v) is 12.4. The summed E-state index contributed by atoms with van der Waals surface area (Å²) in [6.45, 7) is 2.03. The van der Waals surface area contributed by atoms with Gasteiger partial charge in [0.15, 0.2) is 6.10 Å². The number of unbranched alkanes of at least 4 members (excludes halogenated alkanes) is 1. The van der Waals surface area contributed by atoms with E-state index in [1.165, 1.54) is 6.07 Å². The Hall–Kier alpha value is -3.69. The summed E-state index contributed by atoms with van der Waals surface area (Å²) in [5.41, 5.74) is 7.75. The third-order valence-corrected chi connectivity index (χ3v) is 6.16. The summed E-state index contributed by atoms with van der Waals surface area (Å²) in [4.78, 5) is 13.0. The number of anilines is 1. The fourth-order valence-corrected chi connectivity index (χ4v) is 4.20. The second kappa shape index (κ2) is 11.0. The number of primary sulfonamides is 1. The minimum Gasteiger partial charge on any atom is -0.481 e. The van der Waals surface area contributed by atoms with Crippen molar-refractivity contribution in [3.8, 4) is 16.9 Å². The molecule has 1 atom stereocenters. The Balaban J connectivity index is 1.77. The fourth-order valence-electron chi connectivity index (χ4n) is 3.44. The van der Waals surface area contributed by atoms with Gasteiger partial charge in [0.2, 0.25) is 10.0 Å². The SMILES string of the molecule is CCCCC(Oc1cccc(C(=N)N)c1)C(=O)Nc1ccc(-c2ccccc2S(N)(=O)=O)cc1. The Kier molecular flexibility index (Phi) is 8.04. The first-order valence-electron chi connectivity index (χ1n) is 10.8. The zero-order valence-electron chi connectivity index (χ0n) is 18.8. The van der Waals surface area contributed by atoms with E-state index in [0.29, 0.717) is 34.5 Å². The van der Waals surface area contributed by atoms with Gasteiger partial charge >= 0.3 is 0 Å². The molecule has 1 unspecified atom stereocenters. The number of nitrogens with two attached hydrogens (primary N) is 2. The first-order chi connectivity index (χ1) is 16.2. The van der Waals surface area contributed by atoms with Crippen LogP contribution in [0.2, 0.25) is 0 Å². The molecule has 9 heteroatoms. The van der Waals surface area contributed by atoms with Gasteiger partial charge in [0.1, 0.15) is 11.6 Å². The normalized spacial score (nSPS) is 12.1. The number of sulfonamides is 1. The van der Waals surface area contributed by atoms with Gasteiger partial charge in [-0.3, -0.25) is 10.2 Å². The molecule has 6 N–H and O–H groups in total. The van der Waals surface area contributed by atoms with Crippen molar-refractivity contribution < 1.29 is 17.9 Å². The number of nitrogen functional groups attached to an aromatic ring is 1. The number of hydrogen-bond acceptors (Lipinski definition) is 5. The van der Waals surface area contributed by atoms with E-state index in [9.17, 15) is 13.2 Å². The predicted molar refractivity (Wildman–Crippen MR) is 133 cm³/mol. The standard InChI is InChI=1S/C25H28N4O4S/c1-2-3-10-22(33-20-8-6-7-18(16-20)24(26)27)25(30)29-19-14-12-17(13-15-19)21-9-4-5-11-23(21)34(28,31)32/h4-9,11-16,22H,2-3,10H2,1H3,(H3,26,27)(H,29,30)(H2,28,31,32). The summed E-state index contributed by atoms with van der Waals surface area (Å²) in [5.74, 6) is 0.0716. The number of benzene rings is 3. The van der Waals surface area contributed by atoms with Crippen molar-refractivity contribution in [2.75, 3.05) is 5.32 Å². The molecule has 0 bridgehead atoms. The topological polar surface area (TPSA) is 148 Å². The lowest BCUT2D eigenvalue weighted by Gasteiger charge is -2.19. The summed E-state index contributed by atoms with van der Waals surface area (Å²) >= 11 is 0. The van der Waals surface area contributed by atoms with Crippen LogP contribution in [-0.4, -0.2) is 26.3 Å². The van der Waals surface area contributed by atoms with Crippen molar-refractivity contribution in [1.29, 1.82) is 5.41 Å². The number of ether oxygens (including phenoxy) is 1. The molecule has 3 rings (SSSR count). The molecule has 0 aliphatic carbocycles. The maximum Gasteiger partial charge on any atom is 0.265 e. The molecule has 0 fully saturated rings. The quantitative estimate of drug-likeness (QED) is 0.257. The molecule has 0 saturated carbocycles. The Bertz CT molecular complexity index is 1270. The number of amides is 1. The zero-order chi connectivity index (χ0) is 24.7. The van der Waals surface area contributed by atoms with Crippen molar-refractivity contribution in [2.24, 2.45) is 10.9 Å². The Morgan fingerprint density at radius 1 is 1.06 bits per heavy atom. The van der Waals surface area contributed by atoms with E-state index in [0.717, 1.165) is 12.8 Å². The lowest BCUT2D eigenvalue weighted by atomic mass is 10.1. The van der Waals surface area contributed by atoms with Crippen LogP contribution >= 0.6 is 0 Å². The highest BCUT2D eigenvalue weighted by Gasteiger charge is 2.21. The summed E-state index contributed by atoms with van der Waals surface area (Å²) in [7, 11) is -3.88. The molecule has 0 aliphatic rings. The Morgan fingerprint density at radius 3 is 2.41 bits per heavy atom. The van der Waals surface area contributed by atoms with Gasteiger partial charge < -0.3 is 15.8 Å². The summed E-state index contributed by atoms with van der Waals surface area (Å²) in [6, 6.07) is 20.1. The van der Waals surface area contributed by atoms with Gasteiger partial charge in [0.25, 0.3) is 5.91 Å². The summed E-state index contributed by atoms with van der Waals surface area (Å²) < 4.78 is 29.7. The predicted octanol–water partition coefficient (Wildman–Crippen LogP) is 3.86. The number of hydrogen-bond donors (Lipinski definition) is 4. The zero-order valence-corrected chi connectivity index (χ0v) is 19.6. The molecule has 34 heavy (non-hydrogen) atoms. The van der Waals surface area contributed by atoms with Crippen LogP contribution in [0, 0.1) is 5.41 Å². The highest BCUT2D eigenvalue weighted by Crippen LogP contribution is 2.28. The molecule has 0 radical (unpaired) electrons. The number of nitrogens with one attached hydrogen (secondary N) is 2. The van der Waals surface area contributed by atoms with E-state index in [2.05, 4.69) is 5.32 Å². The molecule has 3 aromatic carbocycles. The van der Waals surface area contributed by atoms with Crippen molar-refractivity contribution in [3.05, 3.63) is 78.4 Å². The third kappa shape index (κ3) is 6.43. The smallest absolute Gasteiger partial charge is 0.265 e. The van der Waals surface area contributed by atoms with Gasteiger partial charge in [-0.05, 0) is 48.7 Å². The second-order valence-electron chi connectivity index (χ2n) is 7.80. The minimum atomic E-state index is -3.88. The molecule has 0 saturated heterocycles. The molecule has 1 amide bonds. The van der Waals surface area contributed by atoms with E-state index < -0.39 is 16.1 Å². The van der Waals surface area contributed by atoms with Crippen molar-refractivity contribution in [1.82, 2.24) is 0 Å². The van der Waals surface area contributed by atoms with Gasteiger partial charge in [-0.2, -0.15) is 0 Å². The molecular formula is C25H28N4O4S. The molecule has 0 aromatic heterocycles. The minimum absolute atomic E-state index is 0.0348. The average Bonchev–Trinajstić information content (AvgIpc) is 2.82. The summed E-state index contributed by atoms with van der Waals surface area (Å²) in [6.07, 6.45) is 1.49. The van der Waals surface area contributed by atoms with Gasteiger partial charge in [-0.25, -0.2) is 13.6 Å². The van der Waals surface area contributed by atoms with Gasteiger partial charge in [-0.1, -0.05) is 55.8 Å². The monoisotopic (exact) mass is 480 g/mol. The largest absolute Gasteiger partial charge is 0.481 e. The molecule has 0 heterocycles. The maximum absolute atomic E-state index is 13.0. The van der Waals surface area contributed by atoms with Crippen LogP contribution < -0.4 is 20.9 Å². The van der Waals surface area contributed by atoms with Crippen LogP contribution in [0.4, 0.5) is 5.69 Å². The average molecular weight is 481 g/mol. The van der Waals surface area contributed by atoms with Crippen molar-refractivity contribution in [3.63, 3.8) is 0 Å². The molecule has 0 aliphatic heterocycles. The molecule has 0 spiro atoms. The number of rotatable bonds is 10. The van der Waals surface area contributed by atoms with E-state index >= 15 is 0 Å². The molecule has 8 nitrogen and oxygen atoms in total. The van der Waals surface area contributed by atoms with Gasteiger partial charge in [0, 0.05) is 16.8 Å². The highest BCUT2D eigenvalue weighted by atomic mass is 32.2. The number of carbonyl (C=O) groups excluding carboxylic acids is 1. The number of carbonyl (C=O) groups is 1. The second-order valence-corrected chi connectivity index (χ2v) is 9.33. The highest BCUT2D eigenvalue weighted by molar-refractivity contribution is 7.89. The first kappa shape index (κ1) is 24.9. The van der Waals surface area contributed by atoms with Crippen molar-refractivity contribution >= 4 is 27.5 Å².